The van der Waals surface area contributed by atoms with Crippen LogP contribution in [0.2, 0.25) is 0 Å². The molecule has 0 fully saturated rings. The zero-order valence-electron chi connectivity index (χ0n) is 13.1. The Bertz CT molecular complexity index is 950. The Kier molecular flexibility index (Phi) is 4.70. The zero-order chi connectivity index (χ0) is 18.7. The highest BCUT2D eigenvalue weighted by Crippen LogP contribution is 2.30. The number of benzene rings is 1. The number of carboxylic acids is 1. The van der Waals surface area contributed by atoms with E-state index in [-0.39, 0.29) is 35.3 Å². The fourth-order valence-corrected chi connectivity index (χ4v) is 2.04. The van der Waals surface area contributed by atoms with Crippen molar-refractivity contribution in [2.75, 3.05) is 0 Å². The van der Waals surface area contributed by atoms with Gasteiger partial charge >= 0.3 is 5.97 Å². The molecule has 0 aliphatic heterocycles. The number of halogens is 2. The molecular weight excluding hydrogens is 348 g/mol. The van der Waals surface area contributed by atoms with Crippen LogP contribution in [0.4, 0.5) is 8.78 Å². The van der Waals surface area contributed by atoms with Gasteiger partial charge in [-0.25, -0.2) is 18.6 Å². The second kappa shape index (κ2) is 7.09. The number of carbonyl (C=O) groups is 1. The third-order valence-corrected chi connectivity index (χ3v) is 3.23. The molecule has 0 unspecified atom stereocenters. The second-order valence-electron chi connectivity index (χ2n) is 5.13. The number of hydrogen-bond acceptors (Lipinski definition) is 6. The molecule has 26 heavy (non-hydrogen) atoms. The Morgan fingerprint density at radius 1 is 1.27 bits per heavy atom. The maximum Gasteiger partial charge on any atom is 0.331 e. The van der Waals surface area contributed by atoms with Crippen molar-refractivity contribution < 1.29 is 27.9 Å². The normalized spacial score (nSPS) is 10.5. The van der Waals surface area contributed by atoms with Crippen molar-refractivity contribution in [1.29, 1.82) is 0 Å². The van der Waals surface area contributed by atoms with Gasteiger partial charge in [-0.2, -0.15) is 4.98 Å². The Morgan fingerprint density at radius 2 is 2.00 bits per heavy atom. The molecule has 0 amide bonds. The van der Waals surface area contributed by atoms with Crippen molar-refractivity contribution in [3.63, 3.8) is 0 Å². The molecule has 2 aromatic heterocycles. The van der Waals surface area contributed by atoms with Crippen LogP contribution < -0.4 is 4.74 Å². The summed E-state index contributed by atoms with van der Waals surface area (Å²) >= 11 is 0. The summed E-state index contributed by atoms with van der Waals surface area (Å²) < 4.78 is 38.8. The van der Waals surface area contributed by atoms with Gasteiger partial charge in [-0.3, -0.25) is 0 Å². The minimum absolute atomic E-state index is 0.0922. The number of rotatable bonds is 6. The lowest BCUT2D eigenvalue weighted by Crippen LogP contribution is -2.02. The summed E-state index contributed by atoms with van der Waals surface area (Å²) in [5.41, 5.74) is -0.713. The van der Waals surface area contributed by atoms with E-state index in [9.17, 15) is 13.6 Å². The number of carboxylic acid groups (broad SMARTS) is 1. The van der Waals surface area contributed by atoms with Gasteiger partial charge in [0.1, 0.15) is 17.4 Å². The van der Waals surface area contributed by atoms with E-state index in [0.717, 1.165) is 12.1 Å². The van der Waals surface area contributed by atoms with Gasteiger partial charge in [-0.05, 0) is 6.07 Å². The predicted octanol–water partition coefficient (Wildman–Crippen LogP) is 3.39. The number of pyridine rings is 1. The number of nitrogens with zero attached hydrogens (tertiary/aromatic N) is 3. The van der Waals surface area contributed by atoms with Crippen LogP contribution >= 0.6 is 0 Å². The SMILES string of the molecule is C=C(Cc1nc(-c2c(F)cc(Oc3ccccn3)cc2F)no1)C(=O)O. The molecular formula is C17H11F2N3O4. The molecule has 3 rings (SSSR count). The monoisotopic (exact) mass is 359 g/mol. The fourth-order valence-electron chi connectivity index (χ4n) is 2.04. The largest absolute Gasteiger partial charge is 0.478 e. The number of aromatic nitrogens is 3. The van der Waals surface area contributed by atoms with Crippen LogP contribution in [0.3, 0.4) is 0 Å². The van der Waals surface area contributed by atoms with Gasteiger partial charge in [0.15, 0.2) is 0 Å². The summed E-state index contributed by atoms with van der Waals surface area (Å²) in [6.45, 7) is 3.32. The van der Waals surface area contributed by atoms with Gasteiger partial charge < -0.3 is 14.4 Å². The smallest absolute Gasteiger partial charge is 0.331 e. The molecule has 0 saturated carbocycles. The molecule has 0 aliphatic carbocycles. The maximum absolute atomic E-state index is 14.3. The quantitative estimate of drug-likeness (QED) is 0.674. The van der Waals surface area contributed by atoms with E-state index in [1.807, 2.05) is 0 Å². The maximum atomic E-state index is 14.3. The van der Waals surface area contributed by atoms with Crippen LogP contribution in [-0.4, -0.2) is 26.2 Å². The van der Waals surface area contributed by atoms with Crippen molar-refractivity contribution in [2.24, 2.45) is 0 Å². The van der Waals surface area contributed by atoms with Crippen molar-refractivity contribution in [2.45, 2.75) is 6.42 Å². The van der Waals surface area contributed by atoms with Crippen molar-refractivity contribution >= 4 is 5.97 Å². The topological polar surface area (TPSA) is 98.3 Å². The minimum atomic E-state index is -1.24. The van der Waals surface area contributed by atoms with Gasteiger partial charge in [-0.15, -0.1) is 0 Å². The fraction of sp³-hybridized carbons (Fsp3) is 0.0588. The van der Waals surface area contributed by atoms with Gasteiger partial charge in [-0.1, -0.05) is 17.8 Å². The molecule has 0 radical (unpaired) electrons. The third-order valence-electron chi connectivity index (χ3n) is 3.23. The first-order valence-electron chi connectivity index (χ1n) is 7.26. The molecule has 2 heterocycles. The standard InChI is InChI=1S/C17H11F2N3O4/c1-9(17(23)24)6-14-21-16(22-26-14)15-11(18)7-10(8-12(15)19)25-13-4-2-3-5-20-13/h2-5,7-8H,1,6H2,(H,23,24). The Labute approximate surface area is 145 Å². The summed E-state index contributed by atoms with van der Waals surface area (Å²) in [4.78, 5) is 18.4. The molecule has 0 atom stereocenters. The average Bonchev–Trinajstić information content (AvgIpc) is 3.03. The third kappa shape index (κ3) is 3.72. The summed E-state index contributed by atoms with van der Waals surface area (Å²) in [6.07, 6.45) is 1.23. The van der Waals surface area contributed by atoms with E-state index in [0.29, 0.717) is 0 Å². The summed E-state index contributed by atoms with van der Waals surface area (Å²) in [5, 5.41) is 12.3. The first-order valence-corrected chi connectivity index (χ1v) is 7.26. The predicted molar refractivity (Wildman–Crippen MR) is 84.4 cm³/mol. The first kappa shape index (κ1) is 17.2. The van der Waals surface area contributed by atoms with Crippen LogP contribution in [0, 0.1) is 11.6 Å². The molecule has 9 heteroatoms. The van der Waals surface area contributed by atoms with Crippen molar-refractivity contribution in [3.05, 3.63) is 66.2 Å². The number of aliphatic carboxylic acids is 1. The Balaban J connectivity index is 1.86. The van der Waals surface area contributed by atoms with E-state index >= 15 is 0 Å². The molecule has 7 nitrogen and oxygen atoms in total. The highest BCUT2D eigenvalue weighted by molar-refractivity contribution is 5.86. The summed E-state index contributed by atoms with van der Waals surface area (Å²) in [7, 11) is 0. The van der Waals surface area contributed by atoms with E-state index in [4.69, 9.17) is 14.4 Å². The first-order chi connectivity index (χ1) is 12.4. The Morgan fingerprint density at radius 3 is 2.62 bits per heavy atom. The minimum Gasteiger partial charge on any atom is -0.478 e. The molecule has 3 aromatic rings. The molecule has 0 bridgehead atoms. The van der Waals surface area contributed by atoms with Crippen LogP contribution in [0.25, 0.3) is 11.4 Å². The molecule has 132 valence electrons. The van der Waals surface area contributed by atoms with E-state index in [1.165, 1.54) is 12.3 Å². The highest BCUT2D eigenvalue weighted by atomic mass is 19.1. The molecule has 0 saturated heterocycles. The average molecular weight is 359 g/mol. The van der Waals surface area contributed by atoms with Crippen molar-refractivity contribution in [3.8, 4) is 23.0 Å². The van der Waals surface area contributed by atoms with Crippen LogP contribution in [0.1, 0.15) is 5.89 Å². The Hall–Kier alpha value is -3.62. The molecule has 0 aliphatic rings. The molecule has 1 N–H and O–H groups in total. The van der Waals surface area contributed by atoms with Gasteiger partial charge in [0.2, 0.25) is 17.6 Å². The lowest BCUT2D eigenvalue weighted by molar-refractivity contribution is -0.132. The lowest BCUT2D eigenvalue weighted by Gasteiger charge is -2.07. The summed E-state index contributed by atoms with van der Waals surface area (Å²) in [5.74, 6) is -3.57. The van der Waals surface area contributed by atoms with E-state index in [1.54, 1.807) is 12.1 Å². The van der Waals surface area contributed by atoms with Crippen LogP contribution in [0.15, 0.2) is 53.2 Å². The zero-order valence-corrected chi connectivity index (χ0v) is 13.1. The molecule has 1 aromatic carbocycles. The van der Waals surface area contributed by atoms with E-state index < -0.39 is 23.2 Å². The highest BCUT2D eigenvalue weighted by Gasteiger charge is 2.20. The summed E-state index contributed by atoms with van der Waals surface area (Å²) in [6, 6.07) is 6.78. The van der Waals surface area contributed by atoms with Crippen molar-refractivity contribution in [1.82, 2.24) is 15.1 Å². The van der Waals surface area contributed by atoms with Gasteiger partial charge in [0.05, 0.1) is 12.0 Å². The van der Waals surface area contributed by atoms with Crippen LogP contribution in [-0.2, 0) is 11.2 Å². The van der Waals surface area contributed by atoms with Crippen LogP contribution in [0.5, 0.6) is 11.6 Å². The lowest BCUT2D eigenvalue weighted by atomic mass is 10.1. The molecule has 0 spiro atoms. The number of ether oxygens (including phenoxy) is 1. The second-order valence-corrected chi connectivity index (χ2v) is 5.13. The van der Waals surface area contributed by atoms with Gasteiger partial charge in [0, 0.05) is 30.0 Å². The van der Waals surface area contributed by atoms with E-state index in [2.05, 4.69) is 21.7 Å². The number of hydrogen-bond donors (Lipinski definition) is 1. The van der Waals surface area contributed by atoms with Gasteiger partial charge in [0.25, 0.3) is 0 Å².